The molecule has 0 aliphatic rings. The van der Waals surface area contributed by atoms with Crippen LogP contribution in [0.4, 0.5) is 0 Å². The van der Waals surface area contributed by atoms with E-state index in [1.54, 1.807) is 60.7 Å². The molecule has 0 aliphatic carbocycles. The average molecular weight is 602 g/mol. The van der Waals surface area contributed by atoms with Gasteiger partial charge in [-0.3, -0.25) is 4.79 Å². The summed E-state index contributed by atoms with van der Waals surface area (Å²) in [7, 11) is 0. The summed E-state index contributed by atoms with van der Waals surface area (Å²) >= 11 is 0. The molecule has 0 fully saturated rings. The van der Waals surface area contributed by atoms with Crippen LogP contribution >= 0.6 is 0 Å². The van der Waals surface area contributed by atoms with Gasteiger partial charge in [-0.25, -0.2) is 9.59 Å². The van der Waals surface area contributed by atoms with Crippen LogP contribution in [-0.4, -0.2) is 41.4 Å². The third-order valence-electron chi connectivity index (χ3n) is 7.14. The highest BCUT2D eigenvalue weighted by atomic mass is 16.7. The van der Waals surface area contributed by atoms with Crippen molar-refractivity contribution in [2.24, 2.45) is 10.9 Å². The molecule has 3 aromatic rings. The van der Waals surface area contributed by atoms with Crippen molar-refractivity contribution in [2.75, 3.05) is 6.61 Å². The van der Waals surface area contributed by atoms with Crippen LogP contribution < -0.4 is 15.8 Å². The van der Waals surface area contributed by atoms with Gasteiger partial charge in [0.25, 0.3) is 5.91 Å². The number of carbonyl (C=O) groups excluding carboxylic acids is 2. The zero-order chi connectivity index (χ0) is 32.1. The van der Waals surface area contributed by atoms with Crippen molar-refractivity contribution in [3.63, 3.8) is 0 Å². The predicted molar refractivity (Wildman–Crippen MR) is 171 cm³/mol. The molecule has 0 saturated heterocycles. The van der Waals surface area contributed by atoms with E-state index in [0.29, 0.717) is 34.6 Å². The van der Waals surface area contributed by atoms with Gasteiger partial charge in [-0.1, -0.05) is 94.9 Å². The maximum absolute atomic E-state index is 12.7. The van der Waals surface area contributed by atoms with Crippen molar-refractivity contribution in [1.29, 1.82) is 0 Å². The van der Waals surface area contributed by atoms with E-state index in [-0.39, 0.29) is 17.7 Å². The topological polar surface area (TPSA) is 140 Å². The average Bonchev–Trinajstić information content (AvgIpc) is 3.01. The van der Waals surface area contributed by atoms with Crippen molar-refractivity contribution >= 4 is 23.7 Å². The first kappa shape index (κ1) is 33.8. The number of nitrogens with one attached hydrogen (secondary N) is 1. The molecular weight excluding hydrogens is 558 g/mol. The molecule has 0 saturated carbocycles. The number of amides is 1. The first-order chi connectivity index (χ1) is 21.0. The van der Waals surface area contributed by atoms with Crippen LogP contribution in [0.3, 0.4) is 0 Å². The molecule has 1 amide bonds. The Balaban J connectivity index is 1.52. The van der Waals surface area contributed by atoms with Crippen LogP contribution in [0.2, 0.25) is 0 Å². The molecule has 0 spiro atoms. The Labute approximate surface area is 259 Å². The number of carbonyl (C=O) groups is 3. The molecule has 0 aromatic heterocycles. The summed E-state index contributed by atoms with van der Waals surface area (Å²) in [6.07, 6.45) is 5.82. The SMILES string of the molecule is CCCCCCCOc1ccc(C(=O)ON=C(N)c2ccc(CC(NC(=O)c3ccc(C(C)(C)C)cc3)C(=O)O)cc2)cc1. The number of carboxylic acid groups (broad SMARTS) is 1. The second-order valence-electron chi connectivity index (χ2n) is 11.7. The fourth-order valence-corrected chi connectivity index (χ4v) is 4.39. The number of hydrogen-bond donors (Lipinski definition) is 3. The number of rotatable bonds is 15. The molecule has 9 heteroatoms. The number of benzene rings is 3. The standard InChI is InChI=1S/C35H43N3O6/c1-5-6-7-8-9-22-43-29-20-16-27(17-21-29)34(42)44-38-31(36)25-12-10-24(11-13-25)23-30(33(40)41)37-32(39)26-14-18-28(19-15-26)35(2,3)4/h10-21,30H,5-9,22-23H2,1-4H3,(H2,36,38)(H,37,39)(H,40,41). The summed E-state index contributed by atoms with van der Waals surface area (Å²) in [5.74, 6) is -1.62. The third-order valence-corrected chi connectivity index (χ3v) is 7.14. The molecule has 0 radical (unpaired) electrons. The molecule has 234 valence electrons. The largest absolute Gasteiger partial charge is 0.494 e. The second-order valence-corrected chi connectivity index (χ2v) is 11.7. The van der Waals surface area contributed by atoms with Crippen molar-refractivity contribution in [1.82, 2.24) is 5.32 Å². The van der Waals surface area contributed by atoms with E-state index in [0.717, 1.165) is 18.4 Å². The lowest BCUT2D eigenvalue weighted by atomic mass is 9.86. The van der Waals surface area contributed by atoms with Crippen LogP contribution in [0.1, 0.15) is 97.2 Å². The highest BCUT2D eigenvalue weighted by molar-refractivity contribution is 5.98. The summed E-state index contributed by atoms with van der Waals surface area (Å²) in [4.78, 5) is 42.1. The number of aliphatic carboxylic acids is 1. The monoisotopic (exact) mass is 601 g/mol. The molecule has 1 unspecified atom stereocenters. The zero-order valence-electron chi connectivity index (χ0n) is 26.0. The van der Waals surface area contributed by atoms with Gasteiger partial charge in [0.1, 0.15) is 11.8 Å². The summed E-state index contributed by atoms with van der Waals surface area (Å²) in [6.45, 7) is 9.04. The van der Waals surface area contributed by atoms with Gasteiger partial charge in [0.05, 0.1) is 12.2 Å². The lowest BCUT2D eigenvalue weighted by molar-refractivity contribution is -0.139. The highest BCUT2D eigenvalue weighted by Crippen LogP contribution is 2.22. The van der Waals surface area contributed by atoms with Crippen molar-refractivity contribution in [2.45, 2.75) is 77.7 Å². The molecule has 0 heterocycles. The second kappa shape index (κ2) is 16.3. The number of nitrogens with two attached hydrogens (primary N) is 1. The third kappa shape index (κ3) is 10.6. The summed E-state index contributed by atoms with van der Waals surface area (Å²) in [5.41, 5.74) is 8.87. The normalized spacial score (nSPS) is 12.3. The number of unbranched alkanes of at least 4 members (excludes halogenated alkanes) is 4. The Hall–Kier alpha value is -4.66. The molecule has 3 rings (SSSR count). The van der Waals surface area contributed by atoms with Gasteiger partial charge in [-0.05, 0) is 59.4 Å². The number of ether oxygens (including phenoxy) is 1. The van der Waals surface area contributed by atoms with Gasteiger partial charge < -0.3 is 25.7 Å². The Morgan fingerprint density at radius 1 is 0.841 bits per heavy atom. The molecule has 4 N–H and O–H groups in total. The fourth-order valence-electron chi connectivity index (χ4n) is 4.39. The van der Waals surface area contributed by atoms with Crippen molar-refractivity contribution < 1.29 is 29.1 Å². The number of nitrogens with zero attached hydrogens (tertiary/aromatic N) is 1. The first-order valence-corrected chi connectivity index (χ1v) is 15.0. The van der Waals surface area contributed by atoms with Crippen LogP contribution in [-0.2, 0) is 21.5 Å². The summed E-state index contributed by atoms with van der Waals surface area (Å²) in [6, 6.07) is 19.3. The number of oxime groups is 1. The van der Waals surface area contributed by atoms with Gasteiger partial charge in [0.2, 0.25) is 0 Å². The van der Waals surface area contributed by atoms with E-state index >= 15 is 0 Å². The van der Waals surface area contributed by atoms with E-state index in [4.69, 9.17) is 15.3 Å². The quantitative estimate of drug-likeness (QED) is 0.0616. The molecule has 9 nitrogen and oxygen atoms in total. The Bertz CT molecular complexity index is 1410. The lowest BCUT2D eigenvalue weighted by Gasteiger charge is -2.19. The molecule has 0 aliphatic heterocycles. The Morgan fingerprint density at radius 2 is 1.43 bits per heavy atom. The minimum absolute atomic E-state index is 0.0188. The van der Waals surface area contributed by atoms with Crippen LogP contribution in [0.15, 0.2) is 78.0 Å². The molecular formula is C35H43N3O6. The van der Waals surface area contributed by atoms with Crippen LogP contribution in [0.5, 0.6) is 5.75 Å². The summed E-state index contributed by atoms with van der Waals surface area (Å²) in [5, 5.41) is 16.1. The van der Waals surface area contributed by atoms with E-state index < -0.39 is 23.9 Å². The maximum Gasteiger partial charge on any atom is 0.365 e. The fraction of sp³-hybridized carbons (Fsp3) is 0.371. The Morgan fingerprint density at radius 3 is 2.02 bits per heavy atom. The molecule has 3 aromatic carbocycles. The van der Waals surface area contributed by atoms with Crippen LogP contribution in [0, 0.1) is 0 Å². The van der Waals surface area contributed by atoms with Gasteiger partial charge in [-0.2, -0.15) is 0 Å². The first-order valence-electron chi connectivity index (χ1n) is 15.0. The maximum atomic E-state index is 12.7. The van der Waals surface area contributed by atoms with E-state index in [1.807, 2.05) is 12.1 Å². The van der Waals surface area contributed by atoms with E-state index in [9.17, 15) is 19.5 Å². The Kier molecular flexibility index (Phi) is 12.5. The highest BCUT2D eigenvalue weighted by Gasteiger charge is 2.22. The molecule has 0 bridgehead atoms. The molecule has 44 heavy (non-hydrogen) atoms. The number of hydrogen-bond acceptors (Lipinski definition) is 6. The predicted octanol–water partition coefficient (Wildman–Crippen LogP) is 6.24. The van der Waals surface area contributed by atoms with Gasteiger partial charge in [-0.15, -0.1) is 0 Å². The lowest BCUT2D eigenvalue weighted by Crippen LogP contribution is -2.42. The van der Waals surface area contributed by atoms with Gasteiger partial charge in [0, 0.05) is 17.5 Å². The summed E-state index contributed by atoms with van der Waals surface area (Å²) < 4.78 is 5.72. The van der Waals surface area contributed by atoms with Gasteiger partial charge in [0.15, 0.2) is 5.84 Å². The van der Waals surface area contributed by atoms with E-state index in [1.165, 1.54) is 19.3 Å². The molecule has 1 atom stereocenters. The van der Waals surface area contributed by atoms with E-state index in [2.05, 4.69) is 38.2 Å². The number of carboxylic acids is 1. The number of amidine groups is 1. The van der Waals surface area contributed by atoms with Gasteiger partial charge >= 0.3 is 11.9 Å². The minimum Gasteiger partial charge on any atom is -0.494 e. The van der Waals surface area contributed by atoms with Crippen LogP contribution in [0.25, 0.3) is 0 Å². The minimum atomic E-state index is -1.15. The van der Waals surface area contributed by atoms with Crippen molar-refractivity contribution in [3.05, 3.63) is 101 Å². The van der Waals surface area contributed by atoms with Crippen molar-refractivity contribution in [3.8, 4) is 5.75 Å². The smallest absolute Gasteiger partial charge is 0.365 e. The zero-order valence-corrected chi connectivity index (χ0v) is 26.0.